The van der Waals surface area contributed by atoms with Crippen LogP contribution in [-0.2, 0) is 11.3 Å². The maximum atomic E-state index is 12.3. The number of amides is 1. The molecule has 3 nitrogen and oxygen atoms in total. The normalized spacial score (nSPS) is 12.2. The second-order valence-corrected chi connectivity index (χ2v) is 5.94. The minimum atomic E-state index is -0.296. The number of anilines is 1. The summed E-state index contributed by atoms with van der Waals surface area (Å²) < 4.78 is 0. The van der Waals surface area contributed by atoms with Gasteiger partial charge in [0.05, 0.1) is 16.1 Å². The Morgan fingerprint density at radius 1 is 1.14 bits per heavy atom. The Hall–Kier alpha value is -1.55. The molecule has 0 saturated heterocycles. The first-order valence-electron chi connectivity index (χ1n) is 6.98. The van der Waals surface area contributed by atoms with Crippen LogP contribution in [0.3, 0.4) is 0 Å². The van der Waals surface area contributed by atoms with Crippen LogP contribution in [0.2, 0.25) is 10.0 Å². The fourth-order valence-corrected chi connectivity index (χ4v) is 2.42. The molecule has 1 amide bonds. The van der Waals surface area contributed by atoms with Crippen LogP contribution in [0.4, 0.5) is 5.69 Å². The van der Waals surface area contributed by atoms with Gasteiger partial charge in [0.2, 0.25) is 5.91 Å². The molecule has 1 unspecified atom stereocenters. The minimum Gasteiger partial charge on any atom is -0.325 e. The molecule has 2 aromatic carbocycles. The van der Waals surface area contributed by atoms with Gasteiger partial charge < -0.3 is 5.32 Å². The third-order valence-corrected chi connectivity index (χ3v) is 4.39. The molecule has 0 spiro atoms. The maximum absolute atomic E-state index is 12.3. The molecular weight excluding hydrogens is 319 g/mol. The summed E-state index contributed by atoms with van der Waals surface area (Å²) in [5, 5.41) is 3.95. The van der Waals surface area contributed by atoms with E-state index in [4.69, 9.17) is 23.2 Å². The van der Waals surface area contributed by atoms with Crippen molar-refractivity contribution in [3.8, 4) is 0 Å². The first-order valence-corrected chi connectivity index (χ1v) is 7.73. The lowest BCUT2D eigenvalue weighted by molar-refractivity contribution is -0.120. The predicted octanol–water partition coefficient (Wildman–Crippen LogP) is 4.45. The number of carbonyl (C=O) groups excluding carboxylic acids is 1. The molecule has 0 saturated carbocycles. The van der Waals surface area contributed by atoms with Crippen LogP contribution < -0.4 is 5.32 Å². The molecule has 0 heterocycles. The van der Waals surface area contributed by atoms with Crippen molar-refractivity contribution in [3.05, 3.63) is 64.1 Å². The van der Waals surface area contributed by atoms with E-state index in [0.717, 1.165) is 11.3 Å². The minimum absolute atomic E-state index is 0.0631. The molecule has 0 bridgehead atoms. The Bertz CT molecular complexity index is 646. The Morgan fingerprint density at radius 2 is 1.82 bits per heavy atom. The first-order chi connectivity index (χ1) is 10.5. The molecular formula is C17H18Cl2N2O. The molecule has 5 heteroatoms. The molecule has 0 aliphatic rings. The Morgan fingerprint density at radius 3 is 2.50 bits per heavy atom. The van der Waals surface area contributed by atoms with E-state index in [2.05, 4.69) is 5.32 Å². The Balaban J connectivity index is 2.01. The molecule has 1 N–H and O–H groups in total. The third-order valence-electron chi connectivity index (χ3n) is 3.53. The highest BCUT2D eigenvalue weighted by molar-refractivity contribution is 6.42. The lowest BCUT2D eigenvalue weighted by atomic mass is 10.2. The molecule has 0 aliphatic heterocycles. The van der Waals surface area contributed by atoms with Gasteiger partial charge >= 0.3 is 0 Å². The monoisotopic (exact) mass is 336 g/mol. The highest BCUT2D eigenvalue weighted by atomic mass is 35.5. The van der Waals surface area contributed by atoms with E-state index in [1.165, 1.54) is 0 Å². The number of hydrogen-bond donors (Lipinski definition) is 1. The second kappa shape index (κ2) is 7.63. The van der Waals surface area contributed by atoms with Crippen molar-refractivity contribution in [2.24, 2.45) is 0 Å². The zero-order valence-electron chi connectivity index (χ0n) is 12.5. The Labute approximate surface area is 140 Å². The van der Waals surface area contributed by atoms with Crippen LogP contribution in [-0.4, -0.2) is 23.9 Å². The van der Waals surface area contributed by atoms with Crippen molar-refractivity contribution >= 4 is 34.8 Å². The first kappa shape index (κ1) is 16.8. The van der Waals surface area contributed by atoms with Crippen LogP contribution in [0.25, 0.3) is 0 Å². The highest BCUT2D eigenvalue weighted by Gasteiger charge is 2.19. The van der Waals surface area contributed by atoms with E-state index in [1.807, 2.05) is 61.3 Å². The SMILES string of the molecule is CC(C(=O)Nc1ccccc1)N(C)Cc1cccc(Cl)c1Cl. The number of halogens is 2. The maximum Gasteiger partial charge on any atom is 0.241 e. The van der Waals surface area contributed by atoms with Crippen molar-refractivity contribution < 1.29 is 4.79 Å². The number of benzene rings is 2. The van der Waals surface area contributed by atoms with Gasteiger partial charge in [-0.2, -0.15) is 0 Å². The van der Waals surface area contributed by atoms with E-state index >= 15 is 0 Å². The van der Waals surface area contributed by atoms with Crippen molar-refractivity contribution in [1.82, 2.24) is 4.90 Å². The molecule has 1 atom stereocenters. The lowest BCUT2D eigenvalue weighted by Crippen LogP contribution is -2.39. The summed E-state index contributed by atoms with van der Waals surface area (Å²) >= 11 is 12.2. The number of nitrogens with one attached hydrogen (secondary N) is 1. The largest absolute Gasteiger partial charge is 0.325 e. The summed E-state index contributed by atoms with van der Waals surface area (Å²) in [6.45, 7) is 2.40. The molecule has 2 aromatic rings. The van der Waals surface area contributed by atoms with Gasteiger partial charge in [-0.05, 0) is 37.7 Å². The van der Waals surface area contributed by atoms with Crippen LogP contribution in [0.1, 0.15) is 12.5 Å². The quantitative estimate of drug-likeness (QED) is 0.874. The van der Waals surface area contributed by atoms with Gasteiger partial charge in [-0.1, -0.05) is 53.5 Å². The fourth-order valence-electron chi connectivity index (χ4n) is 2.04. The number of hydrogen-bond acceptors (Lipinski definition) is 2. The molecule has 0 aliphatic carbocycles. The summed E-state index contributed by atoms with van der Waals surface area (Å²) in [5.41, 5.74) is 1.68. The summed E-state index contributed by atoms with van der Waals surface area (Å²) in [7, 11) is 1.88. The zero-order valence-corrected chi connectivity index (χ0v) is 14.0. The molecule has 116 valence electrons. The van der Waals surface area contributed by atoms with Crippen LogP contribution in [0, 0.1) is 0 Å². The second-order valence-electron chi connectivity index (χ2n) is 5.16. The number of carbonyl (C=O) groups is 1. The van der Waals surface area contributed by atoms with Crippen LogP contribution in [0.15, 0.2) is 48.5 Å². The number of para-hydroxylation sites is 1. The van der Waals surface area contributed by atoms with Gasteiger partial charge in [-0.3, -0.25) is 9.69 Å². The molecule has 22 heavy (non-hydrogen) atoms. The van der Waals surface area contributed by atoms with Crippen molar-refractivity contribution in [3.63, 3.8) is 0 Å². The number of likely N-dealkylation sites (N-methyl/N-ethyl adjacent to an activating group) is 1. The van der Waals surface area contributed by atoms with Gasteiger partial charge in [-0.25, -0.2) is 0 Å². The average Bonchev–Trinajstić information content (AvgIpc) is 2.52. The van der Waals surface area contributed by atoms with E-state index in [1.54, 1.807) is 6.07 Å². The van der Waals surface area contributed by atoms with Crippen LogP contribution in [0.5, 0.6) is 0 Å². The van der Waals surface area contributed by atoms with Crippen molar-refractivity contribution in [1.29, 1.82) is 0 Å². The van der Waals surface area contributed by atoms with Gasteiger partial charge in [-0.15, -0.1) is 0 Å². The number of nitrogens with zero attached hydrogens (tertiary/aromatic N) is 1. The summed E-state index contributed by atoms with van der Waals surface area (Å²) in [4.78, 5) is 14.2. The Kier molecular flexibility index (Phi) is 5.83. The summed E-state index contributed by atoms with van der Waals surface area (Å²) in [6, 6.07) is 14.6. The van der Waals surface area contributed by atoms with Crippen molar-refractivity contribution in [2.45, 2.75) is 19.5 Å². The molecule has 0 fully saturated rings. The average molecular weight is 337 g/mol. The van der Waals surface area contributed by atoms with E-state index < -0.39 is 0 Å². The van der Waals surface area contributed by atoms with Crippen LogP contribution >= 0.6 is 23.2 Å². The predicted molar refractivity (Wildman–Crippen MR) is 92.5 cm³/mol. The van der Waals surface area contributed by atoms with Gasteiger partial charge in [0.15, 0.2) is 0 Å². The van der Waals surface area contributed by atoms with E-state index in [0.29, 0.717) is 16.6 Å². The molecule has 0 radical (unpaired) electrons. The summed E-state index contributed by atoms with van der Waals surface area (Å²) in [5.74, 6) is -0.0631. The topological polar surface area (TPSA) is 32.3 Å². The van der Waals surface area contributed by atoms with E-state index in [9.17, 15) is 4.79 Å². The van der Waals surface area contributed by atoms with Gasteiger partial charge in [0, 0.05) is 12.2 Å². The standard InChI is InChI=1S/C17H18Cl2N2O/c1-12(17(22)20-14-8-4-3-5-9-14)21(2)11-13-7-6-10-15(18)16(13)19/h3-10,12H,11H2,1-2H3,(H,20,22). The van der Waals surface area contributed by atoms with E-state index in [-0.39, 0.29) is 11.9 Å². The molecule has 2 rings (SSSR count). The third kappa shape index (κ3) is 4.23. The smallest absolute Gasteiger partial charge is 0.241 e. The highest BCUT2D eigenvalue weighted by Crippen LogP contribution is 2.26. The fraction of sp³-hybridized carbons (Fsp3) is 0.235. The van der Waals surface area contributed by atoms with Gasteiger partial charge in [0.1, 0.15) is 0 Å². The van der Waals surface area contributed by atoms with Gasteiger partial charge in [0.25, 0.3) is 0 Å². The summed E-state index contributed by atoms with van der Waals surface area (Å²) in [6.07, 6.45) is 0. The van der Waals surface area contributed by atoms with Crippen molar-refractivity contribution in [2.75, 3.05) is 12.4 Å². The number of rotatable bonds is 5. The molecule has 0 aromatic heterocycles. The lowest BCUT2D eigenvalue weighted by Gasteiger charge is -2.24. The zero-order chi connectivity index (χ0) is 16.1.